The fourth-order valence-electron chi connectivity index (χ4n) is 4.72. The van der Waals surface area contributed by atoms with Crippen LogP contribution in [0, 0.1) is 5.82 Å². The van der Waals surface area contributed by atoms with Crippen LogP contribution in [0.4, 0.5) is 9.18 Å². The van der Waals surface area contributed by atoms with Crippen molar-refractivity contribution in [3.8, 4) is 0 Å². The van der Waals surface area contributed by atoms with Crippen molar-refractivity contribution in [2.45, 2.75) is 44.2 Å². The molecule has 0 bridgehead atoms. The second kappa shape index (κ2) is 7.74. The first-order valence-electron chi connectivity index (χ1n) is 10.4. The van der Waals surface area contributed by atoms with E-state index < -0.39 is 11.4 Å². The van der Waals surface area contributed by atoms with Crippen LogP contribution in [0.2, 0.25) is 0 Å². The van der Waals surface area contributed by atoms with Gasteiger partial charge in [0.05, 0.1) is 6.04 Å². The van der Waals surface area contributed by atoms with Gasteiger partial charge in [0.25, 0.3) is 11.8 Å². The van der Waals surface area contributed by atoms with Gasteiger partial charge in [-0.1, -0.05) is 13.0 Å². The minimum atomic E-state index is -0.808. The highest BCUT2D eigenvalue weighted by Gasteiger charge is 2.54. The third-order valence-corrected chi connectivity index (χ3v) is 6.47. The number of piperidine rings is 2. The molecular weight excluding hydrogens is 375 g/mol. The number of urea groups is 1. The van der Waals surface area contributed by atoms with Crippen LogP contribution in [-0.4, -0.2) is 76.8 Å². The quantitative estimate of drug-likeness (QED) is 0.783. The number of likely N-dealkylation sites (tertiary alicyclic amines) is 2. The Morgan fingerprint density at radius 3 is 2.69 bits per heavy atom. The minimum absolute atomic E-state index is 0.164. The third kappa shape index (κ3) is 3.61. The molecule has 7 nitrogen and oxygen atoms in total. The Morgan fingerprint density at radius 2 is 2.00 bits per heavy atom. The number of hydrogen-bond donors (Lipinski definition) is 1. The predicted molar refractivity (Wildman–Crippen MR) is 105 cm³/mol. The smallest absolute Gasteiger partial charge is 0.325 e. The van der Waals surface area contributed by atoms with Crippen molar-refractivity contribution in [1.82, 2.24) is 20.0 Å². The molecule has 3 aliphatic heterocycles. The van der Waals surface area contributed by atoms with E-state index in [9.17, 15) is 18.8 Å². The van der Waals surface area contributed by atoms with Gasteiger partial charge in [0.2, 0.25) is 0 Å². The zero-order chi connectivity index (χ0) is 20.6. The number of carbonyl (C=O) groups excluding carboxylic acids is 3. The molecule has 1 aromatic rings. The lowest BCUT2D eigenvalue weighted by molar-refractivity contribution is -0.135. The van der Waals surface area contributed by atoms with Gasteiger partial charge in [-0.2, -0.15) is 0 Å². The van der Waals surface area contributed by atoms with E-state index in [0.717, 1.165) is 19.6 Å². The first-order valence-corrected chi connectivity index (χ1v) is 10.4. The summed E-state index contributed by atoms with van der Waals surface area (Å²) in [6.45, 7) is 5.40. The number of benzene rings is 1. The Balaban J connectivity index is 1.47. The zero-order valence-corrected chi connectivity index (χ0v) is 16.7. The normalized spacial score (nSPS) is 24.8. The standard InChI is InChI=1S/C21H27FN4O3/c1-2-24-11-8-21(9-12-24)19(28)26(20(29)23-21)17-7-4-10-25(14-17)18(27)15-5-3-6-16(22)13-15/h3,5-6,13,17H,2,4,7-12,14H2,1H3,(H,23,29). The average molecular weight is 402 g/mol. The van der Waals surface area contributed by atoms with E-state index in [1.165, 1.54) is 23.1 Å². The fourth-order valence-corrected chi connectivity index (χ4v) is 4.72. The Hall–Kier alpha value is -2.48. The summed E-state index contributed by atoms with van der Waals surface area (Å²) >= 11 is 0. The molecule has 1 unspecified atom stereocenters. The molecule has 0 aromatic heterocycles. The molecule has 0 radical (unpaired) electrons. The lowest BCUT2D eigenvalue weighted by Crippen LogP contribution is -2.56. The maximum absolute atomic E-state index is 13.5. The van der Waals surface area contributed by atoms with Gasteiger partial charge in [0.1, 0.15) is 11.4 Å². The summed E-state index contributed by atoms with van der Waals surface area (Å²) in [7, 11) is 0. The van der Waals surface area contributed by atoms with Crippen molar-refractivity contribution in [1.29, 1.82) is 0 Å². The molecule has 3 heterocycles. The molecule has 0 saturated carbocycles. The molecule has 8 heteroatoms. The molecule has 1 atom stereocenters. The number of nitrogens with zero attached hydrogens (tertiary/aromatic N) is 3. The average Bonchev–Trinajstić information content (AvgIpc) is 2.97. The monoisotopic (exact) mass is 402 g/mol. The minimum Gasteiger partial charge on any atom is -0.337 e. The third-order valence-electron chi connectivity index (χ3n) is 6.47. The summed E-state index contributed by atoms with van der Waals surface area (Å²) < 4.78 is 13.5. The maximum atomic E-state index is 13.5. The predicted octanol–water partition coefficient (Wildman–Crippen LogP) is 1.84. The summed E-state index contributed by atoms with van der Waals surface area (Å²) in [5.41, 5.74) is -0.524. The van der Waals surface area contributed by atoms with Gasteiger partial charge >= 0.3 is 6.03 Å². The molecule has 29 heavy (non-hydrogen) atoms. The van der Waals surface area contributed by atoms with Gasteiger partial charge < -0.3 is 15.1 Å². The van der Waals surface area contributed by atoms with Crippen LogP contribution in [0.15, 0.2) is 24.3 Å². The van der Waals surface area contributed by atoms with Gasteiger partial charge in [-0.3, -0.25) is 14.5 Å². The van der Waals surface area contributed by atoms with Gasteiger partial charge in [0, 0.05) is 31.7 Å². The topological polar surface area (TPSA) is 73.0 Å². The Bertz CT molecular complexity index is 822. The number of nitrogens with one attached hydrogen (secondary N) is 1. The summed E-state index contributed by atoms with van der Waals surface area (Å²) in [5, 5.41) is 2.95. The van der Waals surface area contributed by atoms with Crippen molar-refractivity contribution in [2.24, 2.45) is 0 Å². The maximum Gasteiger partial charge on any atom is 0.325 e. The molecule has 4 rings (SSSR count). The number of hydrogen-bond acceptors (Lipinski definition) is 4. The van der Waals surface area contributed by atoms with Gasteiger partial charge in [0.15, 0.2) is 0 Å². The largest absolute Gasteiger partial charge is 0.337 e. The molecule has 0 aliphatic carbocycles. The summed E-state index contributed by atoms with van der Waals surface area (Å²) in [6.07, 6.45) is 2.59. The summed E-state index contributed by atoms with van der Waals surface area (Å²) in [5.74, 6) is -0.894. The highest BCUT2D eigenvalue weighted by molar-refractivity contribution is 6.07. The number of imide groups is 1. The lowest BCUT2D eigenvalue weighted by atomic mass is 9.87. The van der Waals surface area contributed by atoms with Crippen LogP contribution in [0.5, 0.6) is 0 Å². The van der Waals surface area contributed by atoms with Gasteiger partial charge in [-0.25, -0.2) is 9.18 Å². The molecule has 3 saturated heterocycles. The van der Waals surface area contributed by atoms with Crippen LogP contribution in [0.25, 0.3) is 0 Å². The Morgan fingerprint density at radius 1 is 1.24 bits per heavy atom. The van der Waals surface area contributed by atoms with E-state index in [-0.39, 0.29) is 36.0 Å². The van der Waals surface area contributed by atoms with Crippen molar-refractivity contribution >= 4 is 17.8 Å². The van der Waals surface area contributed by atoms with E-state index in [0.29, 0.717) is 32.2 Å². The number of carbonyl (C=O) groups is 3. The zero-order valence-electron chi connectivity index (χ0n) is 16.7. The van der Waals surface area contributed by atoms with Gasteiger partial charge in [-0.05, 0) is 50.4 Å². The van der Waals surface area contributed by atoms with Gasteiger partial charge in [-0.15, -0.1) is 0 Å². The van der Waals surface area contributed by atoms with Crippen molar-refractivity contribution in [3.05, 3.63) is 35.6 Å². The molecule has 4 amide bonds. The van der Waals surface area contributed by atoms with Crippen LogP contribution in [-0.2, 0) is 4.79 Å². The first-order chi connectivity index (χ1) is 13.9. The first kappa shape index (κ1) is 19.8. The van der Waals surface area contributed by atoms with E-state index in [4.69, 9.17) is 0 Å². The van der Waals surface area contributed by atoms with E-state index in [1.807, 2.05) is 0 Å². The van der Waals surface area contributed by atoms with Crippen LogP contribution >= 0.6 is 0 Å². The summed E-state index contributed by atoms with van der Waals surface area (Å²) in [6, 6.07) is 4.90. The number of rotatable bonds is 3. The second-order valence-corrected chi connectivity index (χ2v) is 8.18. The summed E-state index contributed by atoms with van der Waals surface area (Å²) in [4.78, 5) is 44.0. The highest BCUT2D eigenvalue weighted by atomic mass is 19.1. The SMILES string of the molecule is CCN1CCC2(CC1)NC(=O)N(C1CCCN(C(=O)c3cccc(F)c3)C1)C2=O. The fraction of sp³-hybridized carbons (Fsp3) is 0.571. The van der Waals surface area contributed by atoms with E-state index in [2.05, 4.69) is 17.1 Å². The number of halogens is 1. The van der Waals surface area contributed by atoms with E-state index >= 15 is 0 Å². The van der Waals surface area contributed by atoms with Crippen LogP contribution in [0.3, 0.4) is 0 Å². The number of amides is 4. The van der Waals surface area contributed by atoms with Crippen LogP contribution < -0.4 is 5.32 Å². The molecule has 3 aliphatic rings. The molecule has 3 fully saturated rings. The van der Waals surface area contributed by atoms with Crippen LogP contribution in [0.1, 0.15) is 43.0 Å². The van der Waals surface area contributed by atoms with Crippen molar-refractivity contribution in [3.63, 3.8) is 0 Å². The molecule has 1 spiro atoms. The highest BCUT2D eigenvalue weighted by Crippen LogP contribution is 2.32. The Kier molecular flexibility index (Phi) is 5.29. The van der Waals surface area contributed by atoms with Crippen molar-refractivity contribution < 1.29 is 18.8 Å². The molecular formula is C21H27FN4O3. The molecule has 1 aromatic carbocycles. The lowest BCUT2D eigenvalue weighted by Gasteiger charge is -2.39. The second-order valence-electron chi connectivity index (χ2n) is 8.18. The molecule has 1 N–H and O–H groups in total. The van der Waals surface area contributed by atoms with E-state index in [1.54, 1.807) is 11.0 Å². The molecule has 156 valence electrons. The Labute approximate surface area is 169 Å². The van der Waals surface area contributed by atoms with Crippen molar-refractivity contribution in [2.75, 3.05) is 32.7 Å².